The largest absolute Gasteiger partial charge is 0.481 e. The number of hydrogen-bond acceptors (Lipinski definition) is 4. The molecule has 21 heavy (non-hydrogen) atoms. The van der Waals surface area contributed by atoms with Gasteiger partial charge in [0.05, 0.1) is 0 Å². The monoisotopic (exact) mass is 303 g/mol. The number of hydrogen-bond donors (Lipinski definition) is 4. The summed E-state index contributed by atoms with van der Waals surface area (Å²) in [5.41, 5.74) is 5.04. The zero-order chi connectivity index (χ0) is 16.6. The van der Waals surface area contributed by atoms with Crippen molar-refractivity contribution >= 4 is 23.9 Å². The van der Waals surface area contributed by atoms with Gasteiger partial charge < -0.3 is 26.2 Å². The summed E-state index contributed by atoms with van der Waals surface area (Å²) in [5, 5.41) is 19.7. The standard InChI is InChI=1S/C12H21N3O6/c1-7(2)5-15(6-9(13)16)12(21)14-8(11(19)20)3-4-10(17)18/h7-8H,3-6H2,1-2H3,(H2,13,16)(H,14,21)(H,17,18)(H,19,20)/t8-/m0/s1. The molecule has 0 aromatic carbocycles. The number of rotatable bonds is 9. The Hall–Kier alpha value is -2.32. The SMILES string of the molecule is CC(C)CN(CC(N)=O)C(=O)N[C@@H](CCC(=O)O)C(=O)O. The molecule has 1 atom stereocenters. The van der Waals surface area contributed by atoms with Crippen LogP contribution in [0, 0.1) is 5.92 Å². The lowest BCUT2D eigenvalue weighted by Gasteiger charge is -2.25. The lowest BCUT2D eigenvalue weighted by molar-refractivity contribution is -0.140. The van der Waals surface area contributed by atoms with E-state index in [2.05, 4.69) is 5.32 Å². The molecule has 120 valence electrons. The lowest BCUT2D eigenvalue weighted by atomic mass is 10.1. The quantitative estimate of drug-likeness (QED) is 0.449. The van der Waals surface area contributed by atoms with E-state index in [1.807, 2.05) is 13.8 Å². The van der Waals surface area contributed by atoms with Crippen molar-refractivity contribution in [3.63, 3.8) is 0 Å². The number of carbonyl (C=O) groups excluding carboxylic acids is 2. The van der Waals surface area contributed by atoms with E-state index in [1.165, 1.54) is 0 Å². The van der Waals surface area contributed by atoms with Crippen LogP contribution in [0.15, 0.2) is 0 Å². The highest BCUT2D eigenvalue weighted by Crippen LogP contribution is 2.03. The number of carboxylic acid groups (broad SMARTS) is 2. The Bertz CT molecular complexity index is 410. The molecule has 0 spiro atoms. The van der Waals surface area contributed by atoms with Crippen LogP contribution in [0.4, 0.5) is 4.79 Å². The van der Waals surface area contributed by atoms with E-state index in [4.69, 9.17) is 15.9 Å². The Morgan fingerprint density at radius 2 is 1.76 bits per heavy atom. The first-order chi connectivity index (χ1) is 9.63. The number of nitrogens with two attached hydrogens (primary N) is 1. The fourth-order valence-electron chi connectivity index (χ4n) is 1.61. The van der Waals surface area contributed by atoms with Crippen molar-refractivity contribution < 1.29 is 29.4 Å². The van der Waals surface area contributed by atoms with Crippen LogP contribution in [0.1, 0.15) is 26.7 Å². The van der Waals surface area contributed by atoms with E-state index in [0.717, 1.165) is 4.90 Å². The lowest BCUT2D eigenvalue weighted by Crippen LogP contribution is -2.51. The molecule has 0 aromatic heterocycles. The van der Waals surface area contributed by atoms with Gasteiger partial charge in [0.1, 0.15) is 12.6 Å². The molecular weight excluding hydrogens is 282 g/mol. The Kier molecular flexibility index (Phi) is 7.80. The van der Waals surface area contributed by atoms with Crippen LogP contribution in [0.2, 0.25) is 0 Å². The van der Waals surface area contributed by atoms with Gasteiger partial charge in [0.15, 0.2) is 0 Å². The number of carbonyl (C=O) groups is 4. The van der Waals surface area contributed by atoms with Crippen LogP contribution >= 0.6 is 0 Å². The van der Waals surface area contributed by atoms with Crippen LogP contribution in [0.25, 0.3) is 0 Å². The number of aliphatic carboxylic acids is 2. The smallest absolute Gasteiger partial charge is 0.326 e. The molecule has 0 bridgehead atoms. The molecule has 0 aliphatic rings. The molecule has 9 nitrogen and oxygen atoms in total. The fraction of sp³-hybridized carbons (Fsp3) is 0.667. The maximum Gasteiger partial charge on any atom is 0.326 e. The van der Waals surface area contributed by atoms with Crippen LogP contribution in [-0.2, 0) is 14.4 Å². The Balaban J connectivity index is 4.76. The maximum atomic E-state index is 12.0. The molecule has 0 aromatic rings. The van der Waals surface area contributed by atoms with Gasteiger partial charge in [-0.2, -0.15) is 0 Å². The minimum absolute atomic E-state index is 0.0531. The van der Waals surface area contributed by atoms with Gasteiger partial charge >= 0.3 is 18.0 Å². The average Bonchev–Trinajstić information content (AvgIpc) is 2.31. The molecule has 9 heteroatoms. The first-order valence-corrected chi connectivity index (χ1v) is 6.41. The number of carboxylic acids is 2. The number of nitrogens with zero attached hydrogens (tertiary/aromatic N) is 1. The van der Waals surface area contributed by atoms with Crippen LogP contribution in [-0.4, -0.2) is 58.1 Å². The van der Waals surface area contributed by atoms with Crippen LogP contribution in [0.3, 0.4) is 0 Å². The average molecular weight is 303 g/mol. The number of amides is 3. The summed E-state index contributed by atoms with van der Waals surface area (Å²) < 4.78 is 0. The highest BCUT2D eigenvalue weighted by Gasteiger charge is 2.25. The Labute approximate surface area is 122 Å². The molecule has 0 unspecified atom stereocenters. The highest BCUT2D eigenvalue weighted by molar-refractivity contribution is 5.86. The van der Waals surface area contributed by atoms with Gasteiger partial charge in [-0.25, -0.2) is 9.59 Å². The van der Waals surface area contributed by atoms with Gasteiger partial charge in [0, 0.05) is 13.0 Å². The van der Waals surface area contributed by atoms with E-state index in [0.29, 0.717) is 0 Å². The molecule has 0 radical (unpaired) electrons. The second-order valence-corrected chi connectivity index (χ2v) is 5.01. The van der Waals surface area contributed by atoms with Crippen molar-refractivity contribution in [2.45, 2.75) is 32.7 Å². The molecular formula is C12H21N3O6. The molecule has 0 fully saturated rings. The maximum absolute atomic E-state index is 12.0. The summed E-state index contributed by atoms with van der Waals surface area (Å²) in [4.78, 5) is 45.5. The van der Waals surface area contributed by atoms with E-state index >= 15 is 0 Å². The summed E-state index contributed by atoms with van der Waals surface area (Å²) in [6, 6.07) is -2.10. The van der Waals surface area contributed by atoms with Crippen molar-refractivity contribution in [3.8, 4) is 0 Å². The van der Waals surface area contributed by atoms with Crippen LogP contribution in [0.5, 0.6) is 0 Å². The van der Waals surface area contributed by atoms with Crippen molar-refractivity contribution in [3.05, 3.63) is 0 Å². The van der Waals surface area contributed by atoms with E-state index < -0.39 is 36.3 Å². The predicted molar refractivity (Wildman–Crippen MR) is 72.4 cm³/mol. The first kappa shape index (κ1) is 18.7. The summed E-state index contributed by atoms with van der Waals surface area (Å²) >= 11 is 0. The molecule has 0 heterocycles. The summed E-state index contributed by atoms with van der Waals surface area (Å²) in [7, 11) is 0. The molecule has 5 N–H and O–H groups in total. The molecule has 0 rings (SSSR count). The summed E-state index contributed by atoms with van der Waals surface area (Å²) in [6.07, 6.45) is -0.639. The number of primary amides is 1. The van der Waals surface area contributed by atoms with E-state index in [1.54, 1.807) is 0 Å². The predicted octanol–water partition coefficient (Wildman–Crippen LogP) is -0.543. The first-order valence-electron chi connectivity index (χ1n) is 6.41. The third-order valence-electron chi connectivity index (χ3n) is 2.46. The van der Waals surface area contributed by atoms with Gasteiger partial charge in [-0.05, 0) is 12.3 Å². The summed E-state index contributed by atoms with van der Waals surface area (Å²) in [6.45, 7) is 3.52. The Morgan fingerprint density at radius 3 is 2.14 bits per heavy atom. The highest BCUT2D eigenvalue weighted by atomic mass is 16.4. The van der Waals surface area contributed by atoms with Gasteiger partial charge in [-0.15, -0.1) is 0 Å². The van der Waals surface area contributed by atoms with Gasteiger partial charge in [0.2, 0.25) is 5.91 Å². The number of urea groups is 1. The molecule has 0 aliphatic carbocycles. The third kappa shape index (κ3) is 8.45. The summed E-state index contributed by atoms with van der Waals surface area (Å²) in [5.74, 6) is -3.17. The van der Waals surface area contributed by atoms with Crippen molar-refractivity contribution in [1.82, 2.24) is 10.2 Å². The third-order valence-corrected chi connectivity index (χ3v) is 2.46. The number of nitrogens with one attached hydrogen (secondary N) is 1. The molecule has 0 aliphatic heterocycles. The zero-order valence-corrected chi connectivity index (χ0v) is 12.0. The topological polar surface area (TPSA) is 150 Å². The normalized spacial score (nSPS) is 11.8. The van der Waals surface area contributed by atoms with Crippen molar-refractivity contribution in [1.29, 1.82) is 0 Å². The minimum atomic E-state index is -1.34. The second kappa shape index (κ2) is 8.77. The minimum Gasteiger partial charge on any atom is -0.481 e. The van der Waals surface area contributed by atoms with Gasteiger partial charge in [-0.3, -0.25) is 9.59 Å². The molecule has 0 saturated carbocycles. The van der Waals surface area contributed by atoms with Gasteiger partial charge in [0.25, 0.3) is 0 Å². The Morgan fingerprint density at radius 1 is 1.19 bits per heavy atom. The van der Waals surface area contributed by atoms with Crippen molar-refractivity contribution in [2.75, 3.05) is 13.1 Å². The van der Waals surface area contributed by atoms with Gasteiger partial charge in [-0.1, -0.05) is 13.8 Å². The van der Waals surface area contributed by atoms with E-state index in [9.17, 15) is 19.2 Å². The molecule has 3 amide bonds. The van der Waals surface area contributed by atoms with Crippen LogP contribution < -0.4 is 11.1 Å². The second-order valence-electron chi connectivity index (χ2n) is 5.01. The zero-order valence-electron chi connectivity index (χ0n) is 12.0. The molecule has 0 saturated heterocycles. The van der Waals surface area contributed by atoms with Crippen molar-refractivity contribution in [2.24, 2.45) is 11.7 Å². The van der Waals surface area contributed by atoms with E-state index in [-0.39, 0.29) is 25.4 Å². The fourth-order valence-corrected chi connectivity index (χ4v) is 1.61.